The number of esters is 1. The molecule has 1 aliphatic heterocycles. The van der Waals surface area contributed by atoms with Crippen molar-refractivity contribution in [3.05, 3.63) is 28.2 Å². The quantitative estimate of drug-likeness (QED) is 0.358. The predicted octanol–water partition coefficient (Wildman–Crippen LogP) is 4.61. The van der Waals surface area contributed by atoms with Crippen molar-refractivity contribution < 1.29 is 23.9 Å². The molecule has 3 rings (SSSR count). The lowest BCUT2D eigenvalue weighted by atomic mass is 9.98. The number of unbranched alkanes of at least 4 members (excludes halogenated alkanes) is 3. The van der Waals surface area contributed by atoms with Gasteiger partial charge in [0.2, 0.25) is 5.91 Å². The van der Waals surface area contributed by atoms with Crippen molar-refractivity contribution in [2.75, 3.05) is 19.7 Å². The Balaban J connectivity index is 1.61. The van der Waals surface area contributed by atoms with Gasteiger partial charge in [-0.15, -0.1) is 0 Å². The molecule has 1 aromatic carbocycles. The molecular weight excluding hydrogens is 488 g/mol. The van der Waals surface area contributed by atoms with Crippen LogP contribution in [0, 0.1) is 0 Å². The molecular formula is C25H35BrN2O5. The van der Waals surface area contributed by atoms with Gasteiger partial charge in [-0.3, -0.25) is 14.4 Å². The highest BCUT2D eigenvalue weighted by molar-refractivity contribution is 9.10. The molecule has 182 valence electrons. The van der Waals surface area contributed by atoms with E-state index in [1.807, 2.05) is 0 Å². The Morgan fingerprint density at radius 1 is 1.15 bits per heavy atom. The van der Waals surface area contributed by atoms with Crippen molar-refractivity contribution in [2.45, 2.75) is 83.3 Å². The minimum atomic E-state index is -0.865. The van der Waals surface area contributed by atoms with Gasteiger partial charge in [0.15, 0.2) is 0 Å². The average Bonchev–Trinajstić information content (AvgIpc) is 2.81. The van der Waals surface area contributed by atoms with E-state index >= 15 is 0 Å². The zero-order valence-corrected chi connectivity index (χ0v) is 21.0. The zero-order chi connectivity index (χ0) is 23.6. The van der Waals surface area contributed by atoms with Crippen molar-refractivity contribution in [2.24, 2.45) is 0 Å². The van der Waals surface area contributed by atoms with Crippen molar-refractivity contribution in [3.8, 4) is 5.75 Å². The van der Waals surface area contributed by atoms with Crippen LogP contribution >= 0.6 is 15.9 Å². The molecule has 33 heavy (non-hydrogen) atoms. The summed E-state index contributed by atoms with van der Waals surface area (Å²) in [5, 5.41) is 2.77. The first-order valence-electron chi connectivity index (χ1n) is 12.2. The number of rotatable bonds is 10. The lowest BCUT2D eigenvalue weighted by Crippen LogP contribution is -2.58. The van der Waals surface area contributed by atoms with Gasteiger partial charge in [0.1, 0.15) is 17.9 Å². The monoisotopic (exact) mass is 522 g/mol. The first-order valence-corrected chi connectivity index (χ1v) is 13.0. The summed E-state index contributed by atoms with van der Waals surface area (Å²) in [5.41, 5.74) is 0.445. The van der Waals surface area contributed by atoms with Gasteiger partial charge in [-0.05, 0) is 66.2 Å². The van der Waals surface area contributed by atoms with E-state index in [4.69, 9.17) is 9.47 Å². The fraction of sp³-hybridized carbons (Fsp3) is 0.640. The summed E-state index contributed by atoms with van der Waals surface area (Å²) in [6.07, 6.45) is 9.29. The maximum atomic E-state index is 13.3. The Hall–Kier alpha value is -2.09. The van der Waals surface area contributed by atoms with Gasteiger partial charge in [0.05, 0.1) is 17.5 Å². The minimum Gasteiger partial charge on any atom is -0.492 e. The number of hydrogen-bond donors (Lipinski definition) is 1. The SMILES string of the molecule is CCCCCCOc1ccc(C(=O)N2CCNC(=O)C2CC(=O)OC2CCCCC2)cc1Br. The summed E-state index contributed by atoms with van der Waals surface area (Å²) in [7, 11) is 0. The Bertz CT molecular complexity index is 825. The average molecular weight is 523 g/mol. The summed E-state index contributed by atoms with van der Waals surface area (Å²) >= 11 is 3.50. The summed E-state index contributed by atoms with van der Waals surface area (Å²) < 4.78 is 12.1. The summed E-state index contributed by atoms with van der Waals surface area (Å²) in [5.74, 6) is -0.335. The molecule has 7 nitrogen and oxygen atoms in total. The van der Waals surface area contributed by atoms with E-state index in [1.165, 1.54) is 24.2 Å². The van der Waals surface area contributed by atoms with Crippen LogP contribution in [-0.4, -0.2) is 54.5 Å². The smallest absolute Gasteiger partial charge is 0.308 e. The number of carbonyl (C=O) groups is 3. The van der Waals surface area contributed by atoms with Crippen LogP contribution in [0.3, 0.4) is 0 Å². The number of nitrogens with one attached hydrogen (secondary N) is 1. The fourth-order valence-corrected chi connectivity index (χ4v) is 4.86. The summed E-state index contributed by atoms with van der Waals surface area (Å²) in [4.78, 5) is 39.8. The van der Waals surface area contributed by atoms with Crippen LogP contribution in [-0.2, 0) is 14.3 Å². The first kappa shape index (κ1) is 25.5. The third kappa shape index (κ3) is 7.45. The molecule has 0 radical (unpaired) electrons. The van der Waals surface area contributed by atoms with E-state index in [0.29, 0.717) is 35.5 Å². The van der Waals surface area contributed by atoms with E-state index < -0.39 is 12.0 Å². The number of nitrogens with zero attached hydrogens (tertiary/aromatic N) is 1. The van der Waals surface area contributed by atoms with Crippen molar-refractivity contribution in [3.63, 3.8) is 0 Å². The molecule has 1 aromatic rings. The fourth-order valence-electron chi connectivity index (χ4n) is 4.36. The standard InChI is InChI=1S/C25H35BrN2O5/c1-2-3-4-8-15-32-22-12-11-18(16-20(22)26)25(31)28-14-13-27-24(30)21(28)17-23(29)33-19-9-6-5-7-10-19/h11-12,16,19,21H,2-10,13-15,17H2,1H3,(H,27,30). The van der Waals surface area contributed by atoms with E-state index in [-0.39, 0.29) is 24.3 Å². The van der Waals surface area contributed by atoms with Gasteiger partial charge < -0.3 is 19.7 Å². The number of benzene rings is 1. The van der Waals surface area contributed by atoms with Gasteiger partial charge >= 0.3 is 5.97 Å². The first-order chi connectivity index (χ1) is 16.0. The van der Waals surface area contributed by atoms with E-state index in [9.17, 15) is 14.4 Å². The Morgan fingerprint density at radius 2 is 1.94 bits per heavy atom. The summed E-state index contributed by atoms with van der Waals surface area (Å²) in [6, 6.07) is 4.33. The largest absolute Gasteiger partial charge is 0.492 e. The molecule has 1 unspecified atom stereocenters. The van der Waals surface area contributed by atoms with Gasteiger partial charge in [0, 0.05) is 18.7 Å². The van der Waals surface area contributed by atoms with Crippen LogP contribution in [0.4, 0.5) is 0 Å². The maximum absolute atomic E-state index is 13.3. The highest BCUT2D eigenvalue weighted by Crippen LogP contribution is 2.28. The number of hydrogen-bond acceptors (Lipinski definition) is 5. The van der Waals surface area contributed by atoms with Gasteiger partial charge in [-0.25, -0.2) is 0 Å². The van der Waals surface area contributed by atoms with Crippen LogP contribution in [0.2, 0.25) is 0 Å². The molecule has 1 heterocycles. The van der Waals surface area contributed by atoms with Crippen LogP contribution in [0.25, 0.3) is 0 Å². The molecule has 2 aliphatic rings. The van der Waals surface area contributed by atoms with Crippen LogP contribution in [0.15, 0.2) is 22.7 Å². The number of carbonyl (C=O) groups excluding carboxylic acids is 3. The third-order valence-electron chi connectivity index (χ3n) is 6.24. The topological polar surface area (TPSA) is 84.9 Å². The van der Waals surface area contributed by atoms with Crippen molar-refractivity contribution in [1.29, 1.82) is 0 Å². The molecule has 1 saturated heterocycles. The summed E-state index contributed by atoms with van der Waals surface area (Å²) in [6.45, 7) is 3.50. The highest BCUT2D eigenvalue weighted by Gasteiger charge is 2.36. The molecule has 1 N–H and O–H groups in total. The second kappa shape index (κ2) is 13.0. The van der Waals surface area contributed by atoms with E-state index in [1.54, 1.807) is 18.2 Å². The molecule has 2 fully saturated rings. The molecule has 1 atom stereocenters. The van der Waals surface area contributed by atoms with Gasteiger partial charge in [-0.2, -0.15) is 0 Å². The second-order valence-corrected chi connectivity index (χ2v) is 9.67. The van der Waals surface area contributed by atoms with Crippen LogP contribution in [0.5, 0.6) is 5.75 Å². The third-order valence-corrected chi connectivity index (χ3v) is 6.86. The van der Waals surface area contributed by atoms with Gasteiger partial charge in [0.25, 0.3) is 5.91 Å². The number of amides is 2. The number of piperazine rings is 1. The normalized spacial score (nSPS) is 19.2. The van der Waals surface area contributed by atoms with Crippen LogP contribution < -0.4 is 10.1 Å². The van der Waals surface area contributed by atoms with Crippen molar-refractivity contribution >= 4 is 33.7 Å². The van der Waals surface area contributed by atoms with Gasteiger partial charge in [-0.1, -0.05) is 32.6 Å². The lowest BCUT2D eigenvalue weighted by molar-refractivity contribution is -0.153. The molecule has 8 heteroatoms. The molecule has 1 saturated carbocycles. The highest BCUT2D eigenvalue weighted by atomic mass is 79.9. The Morgan fingerprint density at radius 3 is 2.67 bits per heavy atom. The van der Waals surface area contributed by atoms with E-state index in [0.717, 1.165) is 38.5 Å². The minimum absolute atomic E-state index is 0.0764. The van der Waals surface area contributed by atoms with Crippen molar-refractivity contribution in [1.82, 2.24) is 10.2 Å². The second-order valence-electron chi connectivity index (χ2n) is 8.81. The number of ether oxygens (including phenoxy) is 2. The maximum Gasteiger partial charge on any atom is 0.308 e. The zero-order valence-electron chi connectivity index (χ0n) is 19.4. The lowest BCUT2D eigenvalue weighted by Gasteiger charge is -2.35. The molecule has 1 aliphatic carbocycles. The molecule has 0 spiro atoms. The van der Waals surface area contributed by atoms with Crippen LogP contribution in [0.1, 0.15) is 81.5 Å². The number of halogens is 1. The molecule has 2 amide bonds. The molecule has 0 aromatic heterocycles. The Kier molecular flexibility index (Phi) is 10.0. The Labute approximate surface area is 204 Å². The van der Waals surface area contributed by atoms with E-state index in [2.05, 4.69) is 28.2 Å². The molecule has 0 bridgehead atoms. The predicted molar refractivity (Wildman–Crippen MR) is 129 cm³/mol.